The largest absolute Gasteiger partial charge is 0.573 e. The van der Waals surface area contributed by atoms with Gasteiger partial charge in [-0.2, -0.15) is 0 Å². The average molecular weight is 376 g/mol. The van der Waals surface area contributed by atoms with Crippen molar-refractivity contribution >= 4 is 17.7 Å². The zero-order valence-corrected chi connectivity index (χ0v) is 14.4. The highest BCUT2D eigenvalue weighted by molar-refractivity contribution is 5.98. The van der Waals surface area contributed by atoms with Crippen molar-refractivity contribution in [3.05, 3.63) is 24.3 Å². The summed E-state index contributed by atoms with van der Waals surface area (Å²) in [7, 11) is 0. The Bertz CT molecular complexity index is 678. The van der Waals surface area contributed by atoms with Gasteiger partial charge in [0.15, 0.2) is 0 Å². The van der Waals surface area contributed by atoms with Crippen molar-refractivity contribution in [1.82, 2.24) is 5.32 Å². The smallest absolute Gasteiger partial charge is 0.410 e. The molecule has 2 amide bonds. The number of alkyl carbamates (subject to hydrolysis) is 1. The maximum atomic E-state index is 12.3. The Hall–Kier alpha value is -2.49. The van der Waals surface area contributed by atoms with Crippen LogP contribution >= 0.6 is 0 Å². The molecule has 1 unspecified atom stereocenters. The van der Waals surface area contributed by atoms with Crippen LogP contribution in [-0.4, -0.2) is 36.9 Å². The van der Waals surface area contributed by atoms with E-state index in [2.05, 4.69) is 10.1 Å². The highest BCUT2D eigenvalue weighted by Crippen LogP contribution is 2.29. The first kappa shape index (κ1) is 19.8. The maximum absolute atomic E-state index is 12.3. The number of halogens is 3. The van der Waals surface area contributed by atoms with E-state index >= 15 is 0 Å². The molecule has 2 rings (SSSR count). The number of alkyl halides is 3. The first-order valence-electron chi connectivity index (χ1n) is 7.78. The van der Waals surface area contributed by atoms with Gasteiger partial charge in [0.1, 0.15) is 12.5 Å². The van der Waals surface area contributed by atoms with Gasteiger partial charge >= 0.3 is 12.5 Å². The van der Waals surface area contributed by atoms with E-state index < -0.39 is 35.9 Å². The number of carbonyl (C=O) groups is 2. The third kappa shape index (κ3) is 5.25. The minimum Gasteiger partial charge on any atom is -0.410 e. The van der Waals surface area contributed by atoms with Crippen molar-refractivity contribution < 1.29 is 37.0 Å². The lowest BCUT2D eigenvalue weighted by Crippen LogP contribution is -2.45. The van der Waals surface area contributed by atoms with E-state index in [1.54, 1.807) is 13.8 Å². The number of carbonyl (C=O) groups excluding carboxylic acids is 2. The molecule has 0 spiro atoms. The minimum absolute atomic E-state index is 0.122. The van der Waals surface area contributed by atoms with Gasteiger partial charge < -0.3 is 19.5 Å². The Morgan fingerprint density at radius 2 is 2.08 bits per heavy atom. The molecule has 1 aromatic rings. The normalized spacial score (nSPS) is 18.0. The topological polar surface area (TPSA) is 77.1 Å². The van der Waals surface area contributed by atoms with Gasteiger partial charge in [0.2, 0.25) is 0 Å². The van der Waals surface area contributed by atoms with Crippen molar-refractivity contribution in [2.75, 3.05) is 11.6 Å². The van der Waals surface area contributed by atoms with Gasteiger partial charge in [-0.15, -0.1) is 13.2 Å². The first-order valence-corrected chi connectivity index (χ1v) is 7.78. The Morgan fingerprint density at radius 3 is 2.69 bits per heavy atom. The van der Waals surface area contributed by atoms with Crippen LogP contribution < -0.4 is 15.0 Å². The van der Waals surface area contributed by atoms with Crippen LogP contribution in [0.15, 0.2) is 24.3 Å². The summed E-state index contributed by atoms with van der Waals surface area (Å²) in [6.45, 7) is 5.16. The molecule has 1 aliphatic rings. The van der Waals surface area contributed by atoms with Gasteiger partial charge in [0, 0.05) is 17.3 Å². The number of nitrogens with zero attached hydrogens (tertiary/aromatic N) is 1. The Labute approximate surface area is 148 Å². The minimum atomic E-state index is -4.85. The zero-order valence-electron chi connectivity index (χ0n) is 14.4. The van der Waals surface area contributed by atoms with Crippen LogP contribution in [0.5, 0.6) is 5.75 Å². The second-order valence-corrected chi connectivity index (χ2v) is 6.21. The van der Waals surface area contributed by atoms with Crippen molar-refractivity contribution in [3.8, 4) is 5.75 Å². The molecule has 0 radical (unpaired) electrons. The van der Waals surface area contributed by atoms with Crippen LogP contribution in [0.3, 0.4) is 0 Å². The third-order valence-electron chi connectivity index (χ3n) is 3.72. The summed E-state index contributed by atoms with van der Waals surface area (Å²) >= 11 is 0. The van der Waals surface area contributed by atoms with Crippen molar-refractivity contribution in [2.24, 2.45) is 0 Å². The monoisotopic (exact) mass is 376 g/mol. The fraction of sp³-hybridized carbons (Fsp3) is 0.500. The summed E-state index contributed by atoms with van der Waals surface area (Å²) in [5.74, 6) is -1.19. The fourth-order valence-electron chi connectivity index (χ4n) is 2.03. The second kappa shape index (κ2) is 7.40. The molecule has 0 aliphatic carbocycles. The number of ether oxygens (including phenoxy) is 3. The van der Waals surface area contributed by atoms with E-state index in [4.69, 9.17) is 9.47 Å². The van der Waals surface area contributed by atoms with Crippen LogP contribution in [0.4, 0.5) is 23.7 Å². The van der Waals surface area contributed by atoms with Crippen molar-refractivity contribution in [2.45, 2.75) is 45.4 Å². The summed E-state index contributed by atoms with van der Waals surface area (Å²) in [5, 5.41) is 2.59. The SMILES string of the molecule is CCC(C)(C)NC(=O)OC1OCN(c2cccc(OC(F)(F)F)c2)C1=O. The molecule has 1 N–H and O–H groups in total. The molecule has 0 bridgehead atoms. The van der Waals surface area contributed by atoms with Gasteiger partial charge in [-0.3, -0.25) is 9.69 Å². The Morgan fingerprint density at radius 1 is 1.38 bits per heavy atom. The fourth-order valence-corrected chi connectivity index (χ4v) is 2.03. The molecular formula is C16H19F3N2O5. The predicted octanol–water partition coefficient (Wildman–Crippen LogP) is 3.15. The van der Waals surface area contributed by atoms with Crippen LogP contribution in [0, 0.1) is 0 Å². The highest BCUT2D eigenvalue weighted by Gasteiger charge is 2.38. The summed E-state index contributed by atoms with van der Waals surface area (Å²) in [4.78, 5) is 25.2. The summed E-state index contributed by atoms with van der Waals surface area (Å²) in [6, 6.07) is 4.85. The lowest BCUT2D eigenvalue weighted by molar-refractivity contribution is -0.274. The van der Waals surface area contributed by atoms with E-state index in [9.17, 15) is 22.8 Å². The van der Waals surface area contributed by atoms with Crippen LogP contribution in [-0.2, 0) is 14.3 Å². The lowest BCUT2D eigenvalue weighted by Gasteiger charge is -2.24. The molecule has 144 valence electrons. The number of nitrogens with one attached hydrogen (secondary N) is 1. The molecule has 1 heterocycles. The summed E-state index contributed by atoms with van der Waals surface area (Å²) in [6.07, 6.45) is -6.51. The van der Waals surface area contributed by atoms with E-state index in [0.717, 1.165) is 17.0 Å². The maximum Gasteiger partial charge on any atom is 0.573 e. The molecule has 26 heavy (non-hydrogen) atoms. The van der Waals surface area contributed by atoms with Gasteiger partial charge in [-0.05, 0) is 32.4 Å². The summed E-state index contributed by atoms with van der Waals surface area (Å²) in [5.41, 5.74) is -0.404. The quantitative estimate of drug-likeness (QED) is 0.854. The van der Waals surface area contributed by atoms with Gasteiger partial charge in [-0.25, -0.2) is 4.79 Å². The number of rotatable bonds is 5. The van der Waals surface area contributed by atoms with Gasteiger partial charge in [0.25, 0.3) is 12.2 Å². The van der Waals surface area contributed by atoms with Gasteiger partial charge in [0.05, 0.1) is 0 Å². The Kier molecular flexibility index (Phi) is 5.65. The van der Waals surface area contributed by atoms with E-state index in [-0.39, 0.29) is 12.4 Å². The number of amides is 2. The molecule has 10 heteroatoms. The molecule has 1 fully saturated rings. The molecule has 1 atom stereocenters. The second-order valence-electron chi connectivity index (χ2n) is 6.21. The van der Waals surface area contributed by atoms with E-state index in [1.165, 1.54) is 12.1 Å². The average Bonchev–Trinajstić information content (AvgIpc) is 2.86. The molecule has 0 saturated carbocycles. The molecule has 1 aromatic carbocycles. The van der Waals surface area contributed by atoms with Crippen LogP contribution in [0.1, 0.15) is 27.2 Å². The molecule has 0 aromatic heterocycles. The number of anilines is 1. The van der Waals surface area contributed by atoms with E-state index in [1.807, 2.05) is 6.92 Å². The highest BCUT2D eigenvalue weighted by atomic mass is 19.4. The van der Waals surface area contributed by atoms with Crippen LogP contribution in [0.25, 0.3) is 0 Å². The zero-order chi connectivity index (χ0) is 19.5. The van der Waals surface area contributed by atoms with Gasteiger partial charge in [-0.1, -0.05) is 13.0 Å². The standard InChI is InChI=1S/C16H19F3N2O5/c1-4-15(2,3)20-14(23)25-13-12(22)21(9-24-13)10-6-5-7-11(8-10)26-16(17,18)19/h5-8,13H,4,9H2,1-3H3,(H,20,23). The molecule has 1 aliphatic heterocycles. The van der Waals surface area contributed by atoms with Crippen LogP contribution in [0.2, 0.25) is 0 Å². The first-order chi connectivity index (χ1) is 12.0. The third-order valence-corrected chi connectivity index (χ3v) is 3.72. The number of hydrogen-bond donors (Lipinski definition) is 1. The number of benzene rings is 1. The lowest BCUT2D eigenvalue weighted by atomic mass is 10.0. The molecule has 1 saturated heterocycles. The molecule has 7 nitrogen and oxygen atoms in total. The predicted molar refractivity (Wildman–Crippen MR) is 84.3 cm³/mol. The Balaban J connectivity index is 2.03. The van der Waals surface area contributed by atoms with Crippen molar-refractivity contribution in [3.63, 3.8) is 0 Å². The molecular weight excluding hydrogens is 357 g/mol. The summed E-state index contributed by atoms with van der Waals surface area (Å²) < 4.78 is 50.8. The number of hydrogen-bond acceptors (Lipinski definition) is 5. The van der Waals surface area contributed by atoms with E-state index in [0.29, 0.717) is 6.42 Å². The van der Waals surface area contributed by atoms with Crippen molar-refractivity contribution in [1.29, 1.82) is 0 Å².